The first kappa shape index (κ1) is 15.7. The second-order valence-corrected chi connectivity index (χ2v) is 6.73. The van der Waals surface area contributed by atoms with Gasteiger partial charge in [-0.05, 0) is 19.1 Å². The molecule has 0 aromatic carbocycles. The highest BCUT2D eigenvalue weighted by molar-refractivity contribution is 7.15. The SMILES string of the molecule is Cc1sc(-c2ccco2)nc1C(=O)N1CCC(O)(C(=O)O)CC1. The minimum atomic E-state index is -1.74. The monoisotopic (exact) mass is 336 g/mol. The third kappa shape index (κ3) is 2.87. The van der Waals surface area contributed by atoms with Gasteiger partial charge in [0.05, 0.1) is 6.26 Å². The maximum Gasteiger partial charge on any atom is 0.335 e. The maximum absolute atomic E-state index is 12.6. The predicted molar refractivity (Wildman–Crippen MR) is 82.3 cm³/mol. The highest BCUT2D eigenvalue weighted by Gasteiger charge is 2.41. The molecule has 0 spiro atoms. The van der Waals surface area contributed by atoms with Gasteiger partial charge in [0.2, 0.25) is 0 Å². The highest BCUT2D eigenvalue weighted by Crippen LogP contribution is 2.30. The van der Waals surface area contributed by atoms with Crippen molar-refractivity contribution in [2.45, 2.75) is 25.4 Å². The van der Waals surface area contributed by atoms with Gasteiger partial charge in [0.15, 0.2) is 16.4 Å². The lowest BCUT2D eigenvalue weighted by molar-refractivity contribution is -0.162. The first-order valence-electron chi connectivity index (χ1n) is 7.17. The first-order chi connectivity index (χ1) is 10.9. The molecule has 23 heavy (non-hydrogen) atoms. The fourth-order valence-electron chi connectivity index (χ4n) is 2.54. The molecular formula is C15H16N2O5S. The molecule has 0 atom stereocenters. The van der Waals surface area contributed by atoms with E-state index in [0.29, 0.717) is 16.5 Å². The van der Waals surface area contributed by atoms with Crippen molar-refractivity contribution in [1.82, 2.24) is 9.88 Å². The number of thiazole rings is 1. The Balaban J connectivity index is 1.76. The van der Waals surface area contributed by atoms with Crippen molar-refractivity contribution in [3.05, 3.63) is 29.0 Å². The molecule has 1 saturated heterocycles. The van der Waals surface area contributed by atoms with Gasteiger partial charge in [0, 0.05) is 30.8 Å². The molecule has 1 aliphatic heterocycles. The number of aliphatic carboxylic acids is 1. The molecule has 0 bridgehead atoms. The highest BCUT2D eigenvalue weighted by atomic mass is 32.1. The van der Waals surface area contributed by atoms with Crippen molar-refractivity contribution in [3.8, 4) is 10.8 Å². The Morgan fingerprint density at radius 3 is 2.65 bits per heavy atom. The third-order valence-electron chi connectivity index (χ3n) is 4.01. The van der Waals surface area contributed by atoms with Crippen LogP contribution >= 0.6 is 11.3 Å². The molecule has 2 aromatic rings. The molecule has 7 nitrogen and oxygen atoms in total. The number of piperidine rings is 1. The Morgan fingerprint density at radius 2 is 2.09 bits per heavy atom. The standard InChI is InChI=1S/C15H16N2O5S/c1-9-11(16-12(23-9)10-3-2-8-22-10)13(18)17-6-4-15(21,5-7-17)14(19)20/h2-3,8,21H,4-7H2,1H3,(H,19,20). The summed E-state index contributed by atoms with van der Waals surface area (Å²) in [7, 11) is 0. The minimum Gasteiger partial charge on any atom is -0.479 e. The molecule has 1 aliphatic rings. The molecule has 1 amide bonds. The van der Waals surface area contributed by atoms with E-state index in [0.717, 1.165) is 4.88 Å². The average molecular weight is 336 g/mol. The Hall–Kier alpha value is -2.19. The van der Waals surface area contributed by atoms with E-state index in [1.165, 1.54) is 16.2 Å². The quantitative estimate of drug-likeness (QED) is 0.885. The van der Waals surface area contributed by atoms with Gasteiger partial charge in [0.25, 0.3) is 5.91 Å². The van der Waals surface area contributed by atoms with Gasteiger partial charge in [0.1, 0.15) is 5.69 Å². The van der Waals surface area contributed by atoms with Gasteiger partial charge in [-0.3, -0.25) is 4.79 Å². The zero-order valence-corrected chi connectivity index (χ0v) is 13.3. The van der Waals surface area contributed by atoms with Crippen molar-refractivity contribution < 1.29 is 24.2 Å². The first-order valence-corrected chi connectivity index (χ1v) is 7.99. The molecule has 122 valence electrons. The Labute approximate surface area is 136 Å². The van der Waals surface area contributed by atoms with Gasteiger partial charge >= 0.3 is 5.97 Å². The number of aliphatic hydroxyl groups is 1. The smallest absolute Gasteiger partial charge is 0.335 e. The van der Waals surface area contributed by atoms with E-state index >= 15 is 0 Å². The summed E-state index contributed by atoms with van der Waals surface area (Å²) < 4.78 is 5.29. The van der Waals surface area contributed by atoms with Crippen LogP contribution in [0, 0.1) is 6.92 Å². The van der Waals surface area contributed by atoms with Crippen LogP contribution in [0.15, 0.2) is 22.8 Å². The van der Waals surface area contributed by atoms with Crippen LogP contribution in [0.1, 0.15) is 28.2 Å². The third-order valence-corrected chi connectivity index (χ3v) is 4.99. The topological polar surface area (TPSA) is 104 Å². The number of carbonyl (C=O) groups is 2. The van der Waals surface area contributed by atoms with E-state index in [9.17, 15) is 14.7 Å². The van der Waals surface area contributed by atoms with Crippen molar-refractivity contribution in [2.24, 2.45) is 0 Å². The molecule has 8 heteroatoms. The van der Waals surface area contributed by atoms with E-state index < -0.39 is 11.6 Å². The number of hydrogen-bond donors (Lipinski definition) is 2. The number of likely N-dealkylation sites (tertiary alicyclic amines) is 1. The molecule has 0 radical (unpaired) electrons. The van der Waals surface area contributed by atoms with Crippen LogP contribution in [0.2, 0.25) is 0 Å². The van der Waals surface area contributed by atoms with Crippen LogP contribution in [0.25, 0.3) is 10.8 Å². The number of carboxylic acid groups (broad SMARTS) is 1. The molecule has 0 unspecified atom stereocenters. The number of nitrogens with zero attached hydrogens (tertiary/aromatic N) is 2. The summed E-state index contributed by atoms with van der Waals surface area (Å²) >= 11 is 1.37. The van der Waals surface area contributed by atoms with E-state index in [-0.39, 0.29) is 31.8 Å². The Morgan fingerprint density at radius 1 is 1.39 bits per heavy atom. The summed E-state index contributed by atoms with van der Waals surface area (Å²) in [6.45, 7) is 2.19. The van der Waals surface area contributed by atoms with Crippen LogP contribution in [0.3, 0.4) is 0 Å². The number of hydrogen-bond acceptors (Lipinski definition) is 6. The van der Waals surface area contributed by atoms with Gasteiger partial charge in [-0.1, -0.05) is 0 Å². The Kier molecular flexibility index (Phi) is 3.95. The summed E-state index contributed by atoms with van der Waals surface area (Å²) in [5.41, 5.74) is -1.39. The molecule has 2 aromatic heterocycles. The largest absolute Gasteiger partial charge is 0.479 e. The zero-order valence-electron chi connectivity index (χ0n) is 12.5. The number of aromatic nitrogens is 1. The number of carboxylic acids is 1. The number of amides is 1. The lowest BCUT2D eigenvalue weighted by Gasteiger charge is -2.35. The molecule has 3 heterocycles. The summed E-state index contributed by atoms with van der Waals surface area (Å²) in [5, 5.41) is 19.6. The van der Waals surface area contributed by atoms with Crippen molar-refractivity contribution in [2.75, 3.05) is 13.1 Å². The number of furan rings is 1. The van der Waals surface area contributed by atoms with Crippen molar-refractivity contribution >= 4 is 23.2 Å². The normalized spacial score (nSPS) is 17.2. The number of aryl methyl sites for hydroxylation is 1. The van der Waals surface area contributed by atoms with Crippen LogP contribution < -0.4 is 0 Å². The fraction of sp³-hybridized carbons (Fsp3) is 0.400. The van der Waals surface area contributed by atoms with E-state index in [1.54, 1.807) is 18.4 Å². The van der Waals surface area contributed by atoms with Crippen LogP contribution in [0.5, 0.6) is 0 Å². The molecule has 3 rings (SSSR count). The number of carbonyl (C=O) groups excluding carboxylic acids is 1. The predicted octanol–water partition coefficient (Wildman–Crippen LogP) is 1.76. The van der Waals surface area contributed by atoms with Crippen LogP contribution in [-0.2, 0) is 4.79 Å². The van der Waals surface area contributed by atoms with Crippen LogP contribution in [0.4, 0.5) is 0 Å². The molecule has 1 fully saturated rings. The summed E-state index contributed by atoms with van der Waals surface area (Å²) in [4.78, 5) is 30.3. The average Bonchev–Trinajstić information content (AvgIpc) is 3.16. The Bertz CT molecular complexity index is 729. The van der Waals surface area contributed by atoms with Crippen molar-refractivity contribution in [3.63, 3.8) is 0 Å². The lowest BCUT2D eigenvalue weighted by atomic mass is 9.91. The van der Waals surface area contributed by atoms with E-state index in [2.05, 4.69) is 4.98 Å². The molecule has 2 N–H and O–H groups in total. The lowest BCUT2D eigenvalue weighted by Crippen LogP contribution is -2.51. The summed E-state index contributed by atoms with van der Waals surface area (Å²) in [5.74, 6) is -0.880. The zero-order chi connectivity index (χ0) is 16.6. The molecule has 0 aliphatic carbocycles. The second kappa shape index (κ2) is 5.78. The summed E-state index contributed by atoms with van der Waals surface area (Å²) in [6.07, 6.45) is 1.58. The number of rotatable bonds is 3. The van der Waals surface area contributed by atoms with Crippen LogP contribution in [-0.4, -0.2) is 50.7 Å². The van der Waals surface area contributed by atoms with E-state index in [4.69, 9.17) is 9.52 Å². The molecular weight excluding hydrogens is 320 g/mol. The van der Waals surface area contributed by atoms with Gasteiger partial charge in [-0.15, -0.1) is 11.3 Å². The second-order valence-electron chi connectivity index (χ2n) is 5.53. The van der Waals surface area contributed by atoms with Gasteiger partial charge < -0.3 is 19.5 Å². The maximum atomic E-state index is 12.6. The van der Waals surface area contributed by atoms with Crippen molar-refractivity contribution in [1.29, 1.82) is 0 Å². The summed E-state index contributed by atoms with van der Waals surface area (Å²) in [6, 6.07) is 3.53. The van der Waals surface area contributed by atoms with Gasteiger partial charge in [-0.25, -0.2) is 9.78 Å². The fourth-order valence-corrected chi connectivity index (χ4v) is 3.42. The van der Waals surface area contributed by atoms with Gasteiger partial charge in [-0.2, -0.15) is 0 Å². The molecule has 0 saturated carbocycles. The minimum absolute atomic E-state index is 0.0162. The van der Waals surface area contributed by atoms with E-state index in [1.807, 2.05) is 6.92 Å².